The maximum atomic E-state index is 9.59. The Hall–Kier alpha value is -2.07. The Morgan fingerprint density at radius 3 is 2.71 bits per heavy atom. The van der Waals surface area contributed by atoms with Crippen LogP contribution in [0.5, 0.6) is 5.75 Å². The number of aromatic nitrogens is 1. The number of thiazole rings is 1. The summed E-state index contributed by atoms with van der Waals surface area (Å²) in [6.45, 7) is 0. The molecule has 0 bridgehead atoms. The topological polar surface area (TPSA) is 59.1 Å². The van der Waals surface area contributed by atoms with E-state index >= 15 is 0 Å². The van der Waals surface area contributed by atoms with E-state index in [0.717, 1.165) is 20.8 Å². The summed E-state index contributed by atoms with van der Waals surface area (Å²) in [6.07, 6.45) is 0. The summed E-state index contributed by atoms with van der Waals surface area (Å²) < 4.78 is 1.12. The molecule has 84 valence electrons. The smallest absolute Gasteiger partial charge is 0.139 e. The van der Waals surface area contributed by atoms with Gasteiger partial charge in [-0.1, -0.05) is 18.2 Å². The summed E-state index contributed by atoms with van der Waals surface area (Å²) in [6, 6.07) is 13.1. The first-order chi connectivity index (χ1) is 8.25. The van der Waals surface area contributed by atoms with Crippen molar-refractivity contribution in [3.63, 3.8) is 0 Å². The van der Waals surface area contributed by atoms with E-state index in [4.69, 9.17) is 5.73 Å². The predicted molar refractivity (Wildman–Crippen MR) is 71.1 cm³/mol. The zero-order chi connectivity index (χ0) is 11.8. The molecule has 2 aromatic carbocycles. The van der Waals surface area contributed by atoms with E-state index in [2.05, 4.69) is 4.98 Å². The van der Waals surface area contributed by atoms with Crippen LogP contribution in [0.15, 0.2) is 42.5 Å². The van der Waals surface area contributed by atoms with E-state index in [0.29, 0.717) is 5.69 Å². The van der Waals surface area contributed by atoms with Gasteiger partial charge in [-0.2, -0.15) is 0 Å². The lowest BCUT2D eigenvalue weighted by atomic mass is 10.2. The maximum Gasteiger partial charge on any atom is 0.139 e. The fraction of sp³-hybridized carbons (Fsp3) is 0. The zero-order valence-corrected chi connectivity index (χ0v) is 9.74. The number of para-hydroxylation sites is 2. The van der Waals surface area contributed by atoms with E-state index in [9.17, 15) is 5.11 Å². The number of nitrogen functional groups attached to an aromatic ring is 1. The molecule has 0 aliphatic rings. The Bertz CT molecular complexity index is 658. The van der Waals surface area contributed by atoms with Crippen LogP contribution < -0.4 is 5.73 Å². The zero-order valence-electron chi connectivity index (χ0n) is 8.92. The Morgan fingerprint density at radius 1 is 1.06 bits per heavy atom. The predicted octanol–water partition coefficient (Wildman–Crippen LogP) is 3.25. The Balaban J connectivity index is 2.24. The second-order valence-corrected chi connectivity index (χ2v) is 4.76. The molecule has 4 heteroatoms. The number of benzene rings is 2. The van der Waals surface area contributed by atoms with Gasteiger partial charge in [-0.05, 0) is 24.3 Å². The lowest BCUT2D eigenvalue weighted by Gasteiger charge is -2.03. The highest BCUT2D eigenvalue weighted by atomic mass is 32.1. The van der Waals surface area contributed by atoms with Crippen LogP contribution in [0.25, 0.3) is 20.8 Å². The number of nitrogens with two attached hydrogens (primary N) is 1. The van der Waals surface area contributed by atoms with Crippen molar-refractivity contribution in [1.29, 1.82) is 0 Å². The van der Waals surface area contributed by atoms with Gasteiger partial charge in [0.25, 0.3) is 0 Å². The molecule has 3 aromatic rings. The number of phenolic OH excluding ortho intramolecular Hbond substituents is 1. The Morgan fingerprint density at radius 2 is 1.88 bits per heavy atom. The van der Waals surface area contributed by atoms with Crippen molar-refractivity contribution < 1.29 is 5.11 Å². The van der Waals surface area contributed by atoms with Gasteiger partial charge in [0.1, 0.15) is 10.8 Å². The van der Waals surface area contributed by atoms with Gasteiger partial charge in [0, 0.05) is 5.56 Å². The summed E-state index contributed by atoms with van der Waals surface area (Å²) >= 11 is 1.57. The highest BCUT2D eigenvalue weighted by molar-refractivity contribution is 7.21. The van der Waals surface area contributed by atoms with Crippen LogP contribution in [-0.2, 0) is 0 Å². The number of phenols is 1. The quantitative estimate of drug-likeness (QED) is 0.508. The van der Waals surface area contributed by atoms with Crippen molar-refractivity contribution in [1.82, 2.24) is 4.98 Å². The van der Waals surface area contributed by atoms with Crippen LogP contribution in [0.1, 0.15) is 0 Å². The van der Waals surface area contributed by atoms with Crippen LogP contribution in [0.2, 0.25) is 0 Å². The first-order valence-corrected chi connectivity index (χ1v) is 6.01. The highest BCUT2D eigenvalue weighted by Crippen LogP contribution is 2.36. The summed E-state index contributed by atoms with van der Waals surface area (Å²) in [5.41, 5.74) is 7.97. The monoisotopic (exact) mass is 242 g/mol. The number of aromatic hydroxyl groups is 1. The van der Waals surface area contributed by atoms with Crippen molar-refractivity contribution >= 4 is 27.2 Å². The lowest BCUT2D eigenvalue weighted by molar-refractivity contribution is 0.478. The van der Waals surface area contributed by atoms with E-state index in [-0.39, 0.29) is 5.75 Å². The summed E-state index contributed by atoms with van der Waals surface area (Å²) in [4.78, 5) is 4.51. The standard InChI is InChI=1S/C13H10N2OS/c14-12-8(4-3-6-10(12)16)13-15-9-5-1-2-7-11(9)17-13/h1-7,16H,14H2. The van der Waals surface area contributed by atoms with Crippen molar-refractivity contribution in [2.75, 3.05) is 5.73 Å². The van der Waals surface area contributed by atoms with Gasteiger partial charge < -0.3 is 10.8 Å². The van der Waals surface area contributed by atoms with Crippen LogP contribution in [0, 0.1) is 0 Å². The fourth-order valence-corrected chi connectivity index (χ4v) is 2.73. The van der Waals surface area contributed by atoms with Crippen LogP contribution in [0.3, 0.4) is 0 Å². The molecule has 1 heterocycles. The molecule has 0 atom stereocenters. The van der Waals surface area contributed by atoms with Crippen molar-refractivity contribution in [2.45, 2.75) is 0 Å². The first kappa shape index (κ1) is 10.1. The number of fused-ring (bicyclic) bond motifs is 1. The third kappa shape index (κ3) is 1.62. The third-order valence-electron chi connectivity index (χ3n) is 2.61. The van der Waals surface area contributed by atoms with Crippen molar-refractivity contribution in [3.8, 4) is 16.3 Å². The molecule has 0 saturated carbocycles. The Kier molecular flexibility index (Phi) is 2.23. The molecule has 0 unspecified atom stereocenters. The van der Waals surface area contributed by atoms with Crippen molar-refractivity contribution in [2.24, 2.45) is 0 Å². The van der Waals surface area contributed by atoms with Crippen LogP contribution in [-0.4, -0.2) is 10.1 Å². The molecule has 0 aliphatic carbocycles. The van der Waals surface area contributed by atoms with E-state index in [1.807, 2.05) is 30.3 Å². The van der Waals surface area contributed by atoms with E-state index in [1.54, 1.807) is 23.5 Å². The van der Waals surface area contributed by atoms with Gasteiger partial charge in [0.2, 0.25) is 0 Å². The van der Waals surface area contributed by atoms with Gasteiger partial charge >= 0.3 is 0 Å². The molecule has 0 radical (unpaired) electrons. The second-order valence-electron chi connectivity index (χ2n) is 3.73. The molecular formula is C13H10N2OS. The van der Waals surface area contributed by atoms with Crippen LogP contribution >= 0.6 is 11.3 Å². The van der Waals surface area contributed by atoms with Gasteiger partial charge in [0.15, 0.2) is 0 Å². The molecule has 17 heavy (non-hydrogen) atoms. The number of nitrogens with zero attached hydrogens (tertiary/aromatic N) is 1. The van der Waals surface area contributed by atoms with Crippen molar-refractivity contribution in [3.05, 3.63) is 42.5 Å². The molecule has 0 saturated heterocycles. The number of rotatable bonds is 1. The largest absolute Gasteiger partial charge is 0.506 e. The molecule has 0 aliphatic heterocycles. The third-order valence-corrected chi connectivity index (χ3v) is 3.68. The van der Waals surface area contributed by atoms with E-state index in [1.165, 1.54) is 0 Å². The van der Waals surface area contributed by atoms with Gasteiger partial charge in [-0.3, -0.25) is 0 Å². The van der Waals surface area contributed by atoms with E-state index < -0.39 is 0 Å². The molecule has 1 aromatic heterocycles. The average molecular weight is 242 g/mol. The average Bonchev–Trinajstić information content (AvgIpc) is 2.76. The minimum absolute atomic E-state index is 0.0988. The molecular weight excluding hydrogens is 232 g/mol. The summed E-state index contributed by atoms with van der Waals surface area (Å²) in [5, 5.41) is 10.4. The molecule has 0 fully saturated rings. The van der Waals surface area contributed by atoms with Gasteiger partial charge in [-0.15, -0.1) is 11.3 Å². The van der Waals surface area contributed by atoms with Crippen LogP contribution in [0.4, 0.5) is 5.69 Å². The lowest BCUT2D eigenvalue weighted by Crippen LogP contribution is -1.89. The maximum absolute atomic E-state index is 9.59. The van der Waals surface area contributed by atoms with Gasteiger partial charge in [0.05, 0.1) is 15.9 Å². The Labute approximate surface area is 102 Å². The molecule has 0 spiro atoms. The highest BCUT2D eigenvalue weighted by Gasteiger charge is 2.10. The summed E-state index contributed by atoms with van der Waals surface area (Å²) in [7, 11) is 0. The number of hydrogen-bond acceptors (Lipinski definition) is 4. The molecule has 3 nitrogen and oxygen atoms in total. The molecule has 3 rings (SSSR count). The second kappa shape index (κ2) is 3.75. The normalized spacial score (nSPS) is 10.8. The SMILES string of the molecule is Nc1c(O)cccc1-c1nc2ccccc2s1. The summed E-state index contributed by atoms with van der Waals surface area (Å²) in [5.74, 6) is 0.0988. The van der Waals surface area contributed by atoms with Gasteiger partial charge in [-0.25, -0.2) is 4.98 Å². The first-order valence-electron chi connectivity index (χ1n) is 5.19. The number of anilines is 1. The number of hydrogen-bond donors (Lipinski definition) is 2. The minimum atomic E-state index is 0.0988. The minimum Gasteiger partial charge on any atom is -0.506 e. The molecule has 0 amide bonds. The molecule has 3 N–H and O–H groups in total. The fourth-order valence-electron chi connectivity index (χ4n) is 1.73.